The molecule has 0 bridgehead atoms. The van der Waals surface area contributed by atoms with Crippen molar-refractivity contribution in [2.75, 3.05) is 0 Å². The maximum Gasteiger partial charge on any atom is 0.261 e. The predicted molar refractivity (Wildman–Crippen MR) is 55.7 cm³/mol. The van der Waals surface area contributed by atoms with Crippen molar-refractivity contribution in [1.82, 2.24) is 4.57 Å². The normalized spacial score (nSPS) is 11.4. The number of ketones is 1. The third-order valence-corrected chi connectivity index (χ3v) is 2.05. The molecule has 76 valence electrons. The Hall–Kier alpha value is -1.38. The lowest BCUT2D eigenvalue weighted by Gasteiger charge is -2.22. The molecule has 0 saturated carbocycles. The highest BCUT2D eigenvalue weighted by atomic mass is 16.1. The summed E-state index contributed by atoms with van der Waals surface area (Å²) in [5.41, 5.74) is -0.252. The third-order valence-electron chi connectivity index (χ3n) is 2.05. The summed E-state index contributed by atoms with van der Waals surface area (Å²) >= 11 is 0. The molecular weight excluding hydrogens is 178 g/mol. The van der Waals surface area contributed by atoms with E-state index in [1.54, 1.807) is 22.9 Å². The predicted octanol–water partition coefficient (Wildman–Crippen LogP) is 1.81. The average Bonchev–Trinajstić information content (AvgIpc) is 2.01. The Balaban J connectivity index is 3.44. The Labute approximate surface area is 83.4 Å². The molecule has 0 fully saturated rings. The van der Waals surface area contributed by atoms with Gasteiger partial charge in [-0.05, 0) is 39.8 Å². The molecule has 0 radical (unpaired) electrons. The van der Waals surface area contributed by atoms with Crippen LogP contribution < -0.4 is 5.56 Å². The first-order valence-electron chi connectivity index (χ1n) is 4.57. The number of hydrogen-bond acceptors (Lipinski definition) is 2. The van der Waals surface area contributed by atoms with Crippen LogP contribution in [0.3, 0.4) is 0 Å². The molecule has 0 amide bonds. The summed E-state index contributed by atoms with van der Waals surface area (Å²) in [5.74, 6) is -0.186. The Morgan fingerprint density at radius 3 is 2.36 bits per heavy atom. The summed E-state index contributed by atoms with van der Waals surface area (Å²) in [6.45, 7) is 7.19. The summed E-state index contributed by atoms with van der Waals surface area (Å²) in [5, 5.41) is 0. The molecule has 1 aromatic heterocycles. The van der Waals surface area contributed by atoms with Crippen molar-refractivity contribution >= 4 is 5.78 Å². The molecule has 1 heterocycles. The zero-order valence-electron chi connectivity index (χ0n) is 9.00. The number of aromatic nitrogens is 1. The maximum absolute atomic E-state index is 11.8. The van der Waals surface area contributed by atoms with E-state index in [9.17, 15) is 9.59 Å². The number of pyridine rings is 1. The fourth-order valence-electron chi connectivity index (χ4n) is 1.29. The smallest absolute Gasteiger partial charge is 0.261 e. The van der Waals surface area contributed by atoms with E-state index in [-0.39, 0.29) is 22.4 Å². The summed E-state index contributed by atoms with van der Waals surface area (Å²) in [6, 6.07) is 3.29. The lowest BCUT2D eigenvalue weighted by Crippen LogP contribution is -2.35. The first-order valence-corrected chi connectivity index (χ1v) is 4.57. The van der Waals surface area contributed by atoms with Gasteiger partial charge in [0.05, 0.1) is 5.56 Å². The van der Waals surface area contributed by atoms with Gasteiger partial charge in [0, 0.05) is 11.7 Å². The van der Waals surface area contributed by atoms with Gasteiger partial charge in [0.2, 0.25) is 0 Å². The minimum atomic E-state index is -0.289. The van der Waals surface area contributed by atoms with Gasteiger partial charge in [0.15, 0.2) is 5.78 Å². The zero-order chi connectivity index (χ0) is 10.9. The zero-order valence-corrected chi connectivity index (χ0v) is 9.00. The second-order valence-corrected chi connectivity index (χ2v) is 4.32. The van der Waals surface area contributed by atoms with Crippen LogP contribution in [0.5, 0.6) is 0 Å². The van der Waals surface area contributed by atoms with Crippen LogP contribution >= 0.6 is 0 Å². The molecule has 0 aliphatic carbocycles. The Morgan fingerprint density at radius 2 is 1.93 bits per heavy atom. The minimum absolute atomic E-state index is 0.186. The van der Waals surface area contributed by atoms with E-state index in [2.05, 4.69) is 0 Å². The molecule has 0 spiro atoms. The lowest BCUT2D eigenvalue weighted by molar-refractivity contribution is 0.101. The van der Waals surface area contributed by atoms with E-state index in [1.165, 1.54) is 6.92 Å². The number of rotatable bonds is 1. The van der Waals surface area contributed by atoms with Crippen molar-refractivity contribution in [3.8, 4) is 0 Å². The van der Waals surface area contributed by atoms with Crippen LogP contribution in [0.4, 0.5) is 0 Å². The van der Waals surface area contributed by atoms with E-state index >= 15 is 0 Å². The van der Waals surface area contributed by atoms with Crippen LogP contribution in [0, 0.1) is 0 Å². The van der Waals surface area contributed by atoms with Gasteiger partial charge >= 0.3 is 0 Å². The van der Waals surface area contributed by atoms with Crippen LogP contribution in [0.25, 0.3) is 0 Å². The van der Waals surface area contributed by atoms with Gasteiger partial charge in [0.1, 0.15) is 0 Å². The van der Waals surface area contributed by atoms with E-state index in [0.717, 1.165) is 0 Å². The van der Waals surface area contributed by atoms with Gasteiger partial charge in [-0.2, -0.15) is 0 Å². The summed E-state index contributed by atoms with van der Waals surface area (Å²) in [6.07, 6.45) is 1.70. The lowest BCUT2D eigenvalue weighted by atomic mass is 10.1. The molecule has 0 unspecified atom stereocenters. The number of nitrogens with zero attached hydrogens (tertiary/aromatic N) is 1. The second kappa shape index (κ2) is 3.40. The molecule has 0 aliphatic rings. The monoisotopic (exact) mass is 193 g/mol. The number of hydrogen-bond donors (Lipinski definition) is 0. The Kier molecular flexibility index (Phi) is 2.60. The highest BCUT2D eigenvalue weighted by Crippen LogP contribution is 2.10. The quantitative estimate of drug-likeness (QED) is 0.638. The van der Waals surface area contributed by atoms with Crippen molar-refractivity contribution in [3.05, 3.63) is 34.2 Å². The molecule has 1 aromatic rings. The summed E-state index contributed by atoms with van der Waals surface area (Å²) in [7, 11) is 0. The fraction of sp³-hybridized carbons (Fsp3) is 0.455. The van der Waals surface area contributed by atoms with Crippen molar-refractivity contribution in [3.63, 3.8) is 0 Å². The minimum Gasteiger partial charge on any atom is -0.310 e. The highest BCUT2D eigenvalue weighted by molar-refractivity contribution is 5.93. The van der Waals surface area contributed by atoms with Crippen LogP contribution in [0.1, 0.15) is 38.1 Å². The SMILES string of the molecule is CC(=O)c1cccn(C(C)(C)C)c1=O. The molecule has 3 heteroatoms. The van der Waals surface area contributed by atoms with Gasteiger partial charge in [-0.1, -0.05) is 0 Å². The molecule has 0 aromatic carbocycles. The number of carbonyl (C=O) groups excluding carboxylic acids is 1. The maximum atomic E-state index is 11.8. The van der Waals surface area contributed by atoms with Crippen LogP contribution in [-0.4, -0.2) is 10.4 Å². The molecule has 0 aliphatic heterocycles. The Morgan fingerprint density at radius 1 is 1.36 bits per heavy atom. The van der Waals surface area contributed by atoms with E-state index in [0.29, 0.717) is 0 Å². The molecule has 3 nitrogen and oxygen atoms in total. The van der Waals surface area contributed by atoms with Crippen molar-refractivity contribution < 1.29 is 4.79 Å². The molecule has 1 rings (SSSR count). The summed E-state index contributed by atoms with van der Waals surface area (Å²) in [4.78, 5) is 22.9. The second-order valence-electron chi connectivity index (χ2n) is 4.32. The van der Waals surface area contributed by atoms with Crippen molar-refractivity contribution in [1.29, 1.82) is 0 Å². The fourth-order valence-corrected chi connectivity index (χ4v) is 1.29. The molecule has 0 saturated heterocycles. The van der Waals surface area contributed by atoms with Crippen LogP contribution in [0.15, 0.2) is 23.1 Å². The number of Topliss-reactive ketones (excluding diaryl/α,β-unsaturated/α-hetero) is 1. The largest absolute Gasteiger partial charge is 0.310 e. The molecule has 0 N–H and O–H groups in total. The highest BCUT2D eigenvalue weighted by Gasteiger charge is 2.16. The van der Waals surface area contributed by atoms with Crippen LogP contribution in [-0.2, 0) is 5.54 Å². The molecular formula is C11H15NO2. The topological polar surface area (TPSA) is 39.1 Å². The third kappa shape index (κ3) is 1.92. The molecule has 0 atom stereocenters. The van der Waals surface area contributed by atoms with Crippen LogP contribution in [0.2, 0.25) is 0 Å². The van der Waals surface area contributed by atoms with E-state index in [4.69, 9.17) is 0 Å². The summed E-state index contributed by atoms with van der Waals surface area (Å²) < 4.78 is 1.57. The van der Waals surface area contributed by atoms with Gasteiger partial charge in [-0.25, -0.2) is 0 Å². The van der Waals surface area contributed by atoms with Gasteiger partial charge < -0.3 is 4.57 Å². The van der Waals surface area contributed by atoms with Gasteiger partial charge in [0.25, 0.3) is 5.56 Å². The molecule has 14 heavy (non-hydrogen) atoms. The van der Waals surface area contributed by atoms with E-state index in [1.807, 2.05) is 20.8 Å². The van der Waals surface area contributed by atoms with Gasteiger partial charge in [-0.3, -0.25) is 9.59 Å². The standard InChI is InChI=1S/C11H15NO2/c1-8(13)9-6-5-7-12(10(9)14)11(2,3)4/h5-7H,1-4H3. The number of carbonyl (C=O) groups is 1. The van der Waals surface area contributed by atoms with Crippen molar-refractivity contribution in [2.45, 2.75) is 33.2 Å². The first kappa shape index (κ1) is 10.7. The van der Waals surface area contributed by atoms with Gasteiger partial charge in [-0.15, -0.1) is 0 Å². The average molecular weight is 193 g/mol. The Bertz CT molecular complexity index is 410. The van der Waals surface area contributed by atoms with Crippen molar-refractivity contribution in [2.24, 2.45) is 0 Å². The van der Waals surface area contributed by atoms with E-state index < -0.39 is 0 Å². The first-order chi connectivity index (χ1) is 6.34.